The van der Waals surface area contributed by atoms with Crippen LogP contribution < -0.4 is 5.43 Å². The number of nitrogens with one attached hydrogen (secondary N) is 1. The summed E-state index contributed by atoms with van der Waals surface area (Å²) in [5.41, 5.74) is 5.20. The van der Waals surface area contributed by atoms with Crippen LogP contribution in [0.3, 0.4) is 0 Å². The molecule has 3 nitrogen and oxygen atoms in total. The summed E-state index contributed by atoms with van der Waals surface area (Å²) in [5.74, 6) is 0.768. The molecule has 0 amide bonds. The van der Waals surface area contributed by atoms with Crippen molar-refractivity contribution in [1.29, 1.82) is 0 Å². The minimum absolute atomic E-state index is 0.665. The van der Waals surface area contributed by atoms with Gasteiger partial charge in [0.05, 0.1) is 13.2 Å². The highest BCUT2D eigenvalue weighted by Crippen LogP contribution is 2.32. The lowest BCUT2D eigenvalue weighted by Gasteiger charge is -2.35. The predicted molar refractivity (Wildman–Crippen MR) is 77.0 cm³/mol. The summed E-state index contributed by atoms with van der Waals surface area (Å²) in [7, 11) is 0. The fraction of sp³-hybridized carbons (Fsp3) is 0.625. The monoisotopic (exact) mass is 260 g/mol. The van der Waals surface area contributed by atoms with E-state index in [9.17, 15) is 0 Å². The van der Waals surface area contributed by atoms with Gasteiger partial charge < -0.3 is 4.74 Å². The molecule has 1 aliphatic carbocycles. The van der Waals surface area contributed by atoms with Crippen LogP contribution in [0.2, 0.25) is 0 Å². The molecule has 0 radical (unpaired) electrons. The summed E-state index contributed by atoms with van der Waals surface area (Å²) in [6.45, 7) is 3.79. The smallest absolute Gasteiger partial charge is 0.0608 e. The van der Waals surface area contributed by atoms with Gasteiger partial charge in [-0.3, -0.25) is 5.43 Å². The highest BCUT2D eigenvalue weighted by molar-refractivity contribution is 5.20. The first-order valence-corrected chi connectivity index (χ1v) is 7.55. The molecule has 3 heteroatoms. The van der Waals surface area contributed by atoms with E-state index >= 15 is 0 Å². The van der Waals surface area contributed by atoms with Crippen LogP contribution in [0.4, 0.5) is 0 Å². The fourth-order valence-corrected chi connectivity index (χ4v) is 3.23. The molecule has 1 aromatic carbocycles. The van der Waals surface area contributed by atoms with Crippen LogP contribution in [0, 0.1) is 0 Å². The lowest BCUT2D eigenvalue weighted by molar-refractivity contribution is -0.000128. The van der Waals surface area contributed by atoms with Crippen molar-refractivity contribution in [3.05, 3.63) is 35.9 Å². The lowest BCUT2D eigenvalue weighted by Crippen LogP contribution is -2.50. The Labute approximate surface area is 115 Å². The molecule has 1 saturated carbocycles. The van der Waals surface area contributed by atoms with Crippen LogP contribution in [-0.4, -0.2) is 37.4 Å². The van der Waals surface area contributed by atoms with Gasteiger partial charge in [-0.05, 0) is 37.2 Å². The van der Waals surface area contributed by atoms with Gasteiger partial charge >= 0.3 is 0 Å². The fourth-order valence-electron chi connectivity index (χ4n) is 3.23. The number of hydrogen-bond donors (Lipinski definition) is 1. The minimum Gasteiger partial charge on any atom is -0.379 e. The molecule has 2 aliphatic rings. The van der Waals surface area contributed by atoms with Gasteiger partial charge in [-0.15, -0.1) is 0 Å². The summed E-state index contributed by atoms with van der Waals surface area (Å²) < 4.78 is 5.38. The number of hydrogen-bond acceptors (Lipinski definition) is 3. The maximum atomic E-state index is 5.38. The van der Waals surface area contributed by atoms with Gasteiger partial charge in [-0.25, -0.2) is 5.01 Å². The molecule has 1 aromatic rings. The van der Waals surface area contributed by atoms with Gasteiger partial charge in [0.15, 0.2) is 0 Å². The molecule has 0 atom stereocenters. The topological polar surface area (TPSA) is 24.5 Å². The van der Waals surface area contributed by atoms with E-state index in [-0.39, 0.29) is 0 Å². The van der Waals surface area contributed by atoms with Crippen LogP contribution >= 0.6 is 0 Å². The number of rotatable bonds is 3. The second-order valence-electron chi connectivity index (χ2n) is 5.69. The van der Waals surface area contributed by atoms with E-state index in [0.717, 1.165) is 32.2 Å². The minimum atomic E-state index is 0.665. The normalized spacial score (nSPS) is 29.3. The molecule has 1 saturated heterocycles. The highest BCUT2D eigenvalue weighted by Gasteiger charge is 2.23. The van der Waals surface area contributed by atoms with E-state index in [1.165, 1.54) is 31.2 Å². The van der Waals surface area contributed by atoms with Crippen molar-refractivity contribution in [2.75, 3.05) is 26.3 Å². The third kappa shape index (κ3) is 3.56. The molecule has 1 N–H and O–H groups in total. The Hall–Kier alpha value is -0.900. The van der Waals surface area contributed by atoms with E-state index in [1.54, 1.807) is 0 Å². The molecular weight excluding hydrogens is 236 g/mol. The van der Waals surface area contributed by atoms with Gasteiger partial charge in [0, 0.05) is 19.1 Å². The molecule has 2 fully saturated rings. The summed E-state index contributed by atoms with van der Waals surface area (Å²) in [6, 6.07) is 11.6. The Morgan fingerprint density at radius 3 is 2.32 bits per heavy atom. The number of ether oxygens (including phenoxy) is 1. The molecule has 3 rings (SSSR count). The first-order valence-electron chi connectivity index (χ1n) is 7.55. The standard InChI is InChI=1S/C16H24N2O/c1-2-4-14(5-3-1)15-6-8-16(9-7-15)17-18-10-12-19-13-11-18/h1-5,15-17H,6-13H2. The van der Waals surface area contributed by atoms with Crippen molar-refractivity contribution in [3.63, 3.8) is 0 Å². The maximum Gasteiger partial charge on any atom is 0.0608 e. The zero-order valence-electron chi connectivity index (χ0n) is 11.6. The zero-order valence-corrected chi connectivity index (χ0v) is 11.6. The summed E-state index contributed by atoms with van der Waals surface area (Å²) >= 11 is 0. The van der Waals surface area contributed by atoms with Crippen molar-refractivity contribution in [3.8, 4) is 0 Å². The molecule has 104 valence electrons. The molecule has 0 aromatic heterocycles. The third-order valence-corrected chi connectivity index (χ3v) is 4.37. The van der Waals surface area contributed by atoms with Crippen molar-refractivity contribution in [2.24, 2.45) is 0 Å². The Balaban J connectivity index is 1.46. The quantitative estimate of drug-likeness (QED) is 0.904. The van der Waals surface area contributed by atoms with Crippen LogP contribution in [0.5, 0.6) is 0 Å². The first-order chi connectivity index (χ1) is 9.42. The van der Waals surface area contributed by atoms with E-state index in [4.69, 9.17) is 4.74 Å². The molecular formula is C16H24N2O. The largest absolute Gasteiger partial charge is 0.379 e. The SMILES string of the molecule is c1ccc(C2CCC(NN3CCOCC3)CC2)cc1. The molecule has 0 bridgehead atoms. The Kier molecular flexibility index (Phi) is 4.49. The van der Waals surface area contributed by atoms with Crippen LogP contribution in [0.1, 0.15) is 37.2 Å². The summed E-state index contributed by atoms with van der Waals surface area (Å²) in [4.78, 5) is 0. The third-order valence-electron chi connectivity index (χ3n) is 4.37. The van der Waals surface area contributed by atoms with Crippen LogP contribution in [0.25, 0.3) is 0 Å². The second-order valence-corrected chi connectivity index (χ2v) is 5.69. The summed E-state index contributed by atoms with van der Waals surface area (Å²) in [5, 5.41) is 2.34. The first kappa shape index (κ1) is 13.1. The van der Waals surface area contributed by atoms with Gasteiger partial charge in [0.1, 0.15) is 0 Å². The Morgan fingerprint density at radius 1 is 0.947 bits per heavy atom. The van der Waals surface area contributed by atoms with Gasteiger partial charge in [-0.2, -0.15) is 0 Å². The van der Waals surface area contributed by atoms with E-state index < -0.39 is 0 Å². The van der Waals surface area contributed by atoms with Crippen molar-refractivity contribution < 1.29 is 4.74 Å². The number of nitrogens with zero attached hydrogens (tertiary/aromatic N) is 1. The average Bonchev–Trinajstić information content (AvgIpc) is 2.50. The van der Waals surface area contributed by atoms with Crippen molar-refractivity contribution in [1.82, 2.24) is 10.4 Å². The highest BCUT2D eigenvalue weighted by atomic mass is 16.5. The number of hydrazine groups is 1. The van der Waals surface area contributed by atoms with Crippen molar-refractivity contribution in [2.45, 2.75) is 37.6 Å². The molecule has 1 heterocycles. The number of morpholine rings is 1. The maximum absolute atomic E-state index is 5.38. The Morgan fingerprint density at radius 2 is 1.63 bits per heavy atom. The summed E-state index contributed by atoms with van der Waals surface area (Å²) in [6.07, 6.45) is 5.20. The molecule has 19 heavy (non-hydrogen) atoms. The molecule has 0 unspecified atom stereocenters. The van der Waals surface area contributed by atoms with Gasteiger partial charge in [0.25, 0.3) is 0 Å². The van der Waals surface area contributed by atoms with Crippen molar-refractivity contribution >= 4 is 0 Å². The average molecular weight is 260 g/mol. The van der Waals surface area contributed by atoms with Gasteiger partial charge in [-0.1, -0.05) is 30.3 Å². The molecule has 1 aliphatic heterocycles. The van der Waals surface area contributed by atoms with Gasteiger partial charge in [0.2, 0.25) is 0 Å². The zero-order chi connectivity index (χ0) is 12.9. The second kappa shape index (κ2) is 6.51. The number of benzene rings is 1. The van der Waals surface area contributed by atoms with Crippen LogP contribution in [-0.2, 0) is 4.74 Å². The predicted octanol–water partition coefficient (Wildman–Crippen LogP) is 2.55. The van der Waals surface area contributed by atoms with E-state index in [1.807, 2.05) is 0 Å². The van der Waals surface area contributed by atoms with E-state index in [2.05, 4.69) is 40.8 Å². The molecule has 0 spiro atoms. The van der Waals surface area contributed by atoms with E-state index in [0.29, 0.717) is 6.04 Å². The lowest BCUT2D eigenvalue weighted by atomic mass is 9.82. The van der Waals surface area contributed by atoms with Crippen LogP contribution in [0.15, 0.2) is 30.3 Å². The Bertz CT molecular complexity index is 368.